The summed E-state index contributed by atoms with van der Waals surface area (Å²) in [4.78, 5) is 28.8. The van der Waals surface area contributed by atoms with Crippen LogP contribution in [0.1, 0.15) is 84.0 Å². The molecule has 0 aromatic heterocycles. The Morgan fingerprint density at radius 1 is 0.963 bits per heavy atom. The topological polar surface area (TPSA) is 113 Å². The van der Waals surface area contributed by atoms with Crippen LogP contribution in [0.2, 0.25) is 0 Å². The molecule has 27 heavy (non-hydrogen) atoms. The van der Waals surface area contributed by atoms with Gasteiger partial charge in [-0.3, -0.25) is 9.32 Å². The highest BCUT2D eigenvalue weighted by atomic mass is 31.2. The lowest BCUT2D eigenvalue weighted by Crippen LogP contribution is -2.26. The molecule has 0 aliphatic heterocycles. The van der Waals surface area contributed by atoms with E-state index in [9.17, 15) is 9.36 Å². The van der Waals surface area contributed by atoms with Crippen LogP contribution in [0, 0.1) is 0 Å². The molecule has 0 spiro atoms. The maximum Gasteiger partial charge on any atom is 0.469 e. The van der Waals surface area contributed by atoms with Crippen LogP contribution in [-0.4, -0.2) is 40.2 Å². The van der Waals surface area contributed by atoms with E-state index in [1.165, 1.54) is 32.1 Å². The number of allylic oxidation sites excluding steroid dienone is 2. The molecular formula is C19H37O7P. The number of carbonyl (C=O) groups is 1. The van der Waals surface area contributed by atoms with Gasteiger partial charge in [0.2, 0.25) is 0 Å². The van der Waals surface area contributed by atoms with Crippen molar-refractivity contribution in [3.8, 4) is 0 Å². The van der Waals surface area contributed by atoms with Crippen molar-refractivity contribution >= 4 is 13.8 Å². The van der Waals surface area contributed by atoms with Crippen molar-refractivity contribution in [3.05, 3.63) is 12.2 Å². The monoisotopic (exact) mass is 408 g/mol. The molecule has 0 aliphatic rings. The molecule has 0 fully saturated rings. The lowest BCUT2D eigenvalue weighted by molar-refractivity contribution is -0.153. The van der Waals surface area contributed by atoms with E-state index in [0.29, 0.717) is 6.42 Å². The zero-order valence-electron chi connectivity index (χ0n) is 16.6. The average Bonchev–Trinajstić information content (AvgIpc) is 2.61. The van der Waals surface area contributed by atoms with Crippen molar-refractivity contribution in [3.63, 3.8) is 0 Å². The van der Waals surface area contributed by atoms with Gasteiger partial charge in [-0.2, -0.15) is 0 Å². The third-order valence-corrected chi connectivity index (χ3v) is 4.56. The second kappa shape index (κ2) is 17.4. The molecular weight excluding hydrogens is 371 g/mol. The molecule has 160 valence electrons. The molecule has 0 aromatic carbocycles. The fraction of sp³-hybridized carbons (Fsp3) is 0.842. The number of esters is 1. The first-order chi connectivity index (χ1) is 12.9. The second-order valence-corrected chi connectivity index (χ2v) is 7.95. The fourth-order valence-electron chi connectivity index (χ4n) is 2.54. The molecule has 0 bridgehead atoms. The number of carbonyl (C=O) groups excluding carboxylic acids is 1. The summed E-state index contributed by atoms with van der Waals surface area (Å²) in [7, 11) is -4.63. The summed E-state index contributed by atoms with van der Waals surface area (Å²) in [6.45, 7) is 1.15. The largest absolute Gasteiger partial charge is 0.469 e. The highest BCUT2D eigenvalue weighted by Gasteiger charge is 2.20. The van der Waals surface area contributed by atoms with Crippen LogP contribution in [-0.2, 0) is 18.6 Å². The molecule has 0 aromatic rings. The highest BCUT2D eigenvalue weighted by molar-refractivity contribution is 7.46. The van der Waals surface area contributed by atoms with Crippen LogP contribution >= 0.6 is 7.82 Å². The molecule has 3 N–H and O–H groups in total. The molecule has 0 aliphatic carbocycles. The predicted octanol–water partition coefficient (Wildman–Crippen LogP) is 4.26. The Labute approximate surface area is 163 Å². The van der Waals surface area contributed by atoms with Gasteiger partial charge in [-0.1, -0.05) is 57.6 Å². The number of hydrogen-bond acceptors (Lipinski definition) is 5. The van der Waals surface area contributed by atoms with Crippen molar-refractivity contribution in [1.82, 2.24) is 0 Å². The van der Waals surface area contributed by atoms with Gasteiger partial charge in [0, 0.05) is 6.42 Å². The maximum absolute atomic E-state index is 11.6. The first-order valence-electron chi connectivity index (χ1n) is 10.0. The summed E-state index contributed by atoms with van der Waals surface area (Å²) in [5.41, 5.74) is 0. The smallest absolute Gasteiger partial charge is 0.457 e. The number of unbranched alkanes of at least 4 members (excludes halogenated alkanes) is 9. The van der Waals surface area contributed by atoms with E-state index < -0.39 is 33.1 Å². The maximum atomic E-state index is 11.6. The van der Waals surface area contributed by atoms with Gasteiger partial charge in [0.25, 0.3) is 0 Å². The van der Waals surface area contributed by atoms with E-state index in [2.05, 4.69) is 23.6 Å². The van der Waals surface area contributed by atoms with Crippen molar-refractivity contribution in [2.24, 2.45) is 0 Å². The van der Waals surface area contributed by atoms with Crippen LogP contribution in [0.25, 0.3) is 0 Å². The normalized spacial score (nSPS) is 13.2. The van der Waals surface area contributed by atoms with Crippen LogP contribution in [0.4, 0.5) is 0 Å². The van der Waals surface area contributed by atoms with Crippen molar-refractivity contribution in [1.29, 1.82) is 0 Å². The van der Waals surface area contributed by atoms with Crippen molar-refractivity contribution in [2.75, 3.05) is 13.2 Å². The van der Waals surface area contributed by atoms with Gasteiger partial charge in [-0.25, -0.2) is 4.57 Å². The minimum Gasteiger partial charge on any atom is -0.457 e. The standard InChI is InChI=1S/C19H37O7P/c1-2-3-4-5-6-7-8-9-10-11-12-13-14-15-19(21)26-18(16-20)17-25-27(22,23)24/h7-8,18,20H,2-6,9-17H2,1H3,(H2,22,23,24)/b8-7+/t18-/m1/s1. The Morgan fingerprint density at radius 2 is 1.52 bits per heavy atom. The molecule has 0 heterocycles. The molecule has 0 rings (SSSR count). The number of rotatable bonds is 18. The third-order valence-electron chi connectivity index (χ3n) is 4.07. The van der Waals surface area contributed by atoms with Gasteiger partial charge in [0.05, 0.1) is 13.2 Å². The zero-order valence-corrected chi connectivity index (χ0v) is 17.4. The lowest BCUT2D eigenvalue weighted by atomic mass is 10.1. The molecule has 8 heteroatoms. The number of ether oxygens (including phenoxy) is 1. The summed E-state index contributed by atoms with van der Waals surface area (Å²) < 4.78 is 19.8. The van der Waals surface area contributed by atoms with E-state index in [0.717, 1.165) is 32.1 Å². The summed E-state index contributed by atoms with van der Waals surface area (Å²) in [6.07, 6.45) is 16.2. The van der Waals surface area contributed by atoms with E-state index in [1.807, 2.05) is 0 Å². The summed E-state index contributed by atoms with van der Waals surface area (Å²) in [5, 5.41) is 9.04. The molecule has 0 amide bonds. The molecule has 0 saturated heterocycles. The fourth-order valence-corrected chi connectivity index (χ4v) is 2.90. The zero-order chi connectivity index (χ0) is 20.4. The molecule has 0 saturated carbocycles. The number of aliphatic hydroxyl groups excluding tert-OH is 1. The van der Waals surface area contributed by atoms with Crippen molar-refractivity contribution in [2.45, 2.75) is 90.1 Å². The number of phosphoric ester groups is 1. The minimum atomic E-state index is -4.63. The van der Waals surface area contributed by atoms with Crippen molar-refractivity contribution < 1.29 is 33.5 Å². The van der Waals surface area contributed by atoms with Crippen LogP contribution < -0.4 is 0 Å². The van der Waals surface area contributed by atoms with Gasteiger partial charge in [0.15, 0.2) is 0 Å². The van der Waals surface area contributed by atoms with E-state index in [4.69, 9.17) is 19.6 Å². The summed E-state index contributed by atoms with van der Waals surface area (Å²) in [5.74, 6) is -0.491. The quantitative estimate of drug-likeness (QED) is 0.134. The molecule has 1 atom stereocenters. The Morgan fingerprint density at radius 3 is 2.07 bits per heavy atom. The molecule has 0 radical (unpaired) electrons. The van der Waals surface area contributed by atoms with E-state index >= 15 is 0 Å². The Kier molecular flexibility index (Phi) is 16.9. The van der Waals surface area contributed by atoms with Gasteiger partial charge < -0.3 is 19.6 Å². The highest BCUT2D eigenvalue weighted by Crippen LogP contribution is 2.35. The predicted molar refractivity (Wildman–Crippen MR) is 105 cm³/mol. The van der Waals surface area contributed by atoms with Crippen LogP contribution in [0.5, 0.6) is 0 Å². The molecule has 7 nitrogen and oxygen atoms in total. The van der Waals surface area contributed by atoms with Crippen LogP contribution in [0.15, 0.2) is 12.2 Å². The summed E-state index contributed by atoms with van der Waals surface area (Å²) in [6, 6.07) is 0. The lowest BCUT2D eigenvalue weighted by Gasteiger charge is -2.15. The van der Waals surface area contributed by atoms with Gasteiger partial charge in [-0.05, 0) is 32.1 Å². The Bertz CT molecular complexity index is 434. The van der Waals surface area contributed by atoms with Crippen LogP contribution in [0.3, 0.4) is 0 Å². The Hall–Kier alpha value is -0.720. The van der Waals surface area contributed by atoms with E-state index in [-0.39, 0.29) is 6.42 Å². The third kappa shape index (κ3) is 19.8. The number of phosphoric acid groups is 1. The number of hydrogen-bond donors (Lipinski definition) is 3. The number of aliphatic hydroxyl groups is 1. The Balaban J connectivity index is 3.54. The molecule has 0 unspecified atom stereocenters. The SMILES string of the molecule is CCCCCC/C=C/CCCCCCCC(=O)O[C@H](CO)COP(=O)(O)O. The first-order valence-corrected chi connectivity index (χ1v) is 11.6. The summed E-state index contributed by atoms with van der Waals surface area (Å²) >= 11 is 0. The first kappa shape index (κ1) is 26.3. The van der Waals surface area contributed by atoms with Gasteiger partial charge in [-0.15, -0.1) is 0 Å². The average molecular weight is 408 g/mol. The minimum absolute atomic E-state index is 0.226. The van der Waals surface area contributed by atoms with Gasteiger partial charge in [0.1, 0.15) is 6.10 Å². The van der Waals surface area contributed by atoms with Gasteiger partial charge >= 0.3 is 13.8 Å². The second-order valence-electron chi connectivity index (χ2n) is 6.71. The van der Waals surface area contributed by atoms with E-state index in [1.54, 1.807) is 0 Å².